The molecule has 4 aliphatic rings. The van der Waals surface area contributed by atoms with Crippen LogP contribution >= 0.6 is 0 Å². The van der Waals surface area contributed by atoms with E-state index >= 15 is 9.59 Å². The zero-order valence-corrected chi connectivity index (χ0v) is 44.1. The van der Waals surface area contributed by atoms with Crippen molar-refractivity contribution < 1.29 is 63.3 Å². The highest BCUT2D eigenvalue weighted by atomic mass is 16.6. The lowest BCUT2D eigenvalue weighted by atomic mass is 9.44. The molecule has 1 saturated heterocycles. The average Bonchev–Trinajstić information content (AvgIpc) is 3.55. The van der Waals surface area contributed by atoms with Crippen LogP contribution in [0.1, 0.15) is 125 Å². The second kappa shape index (κ2) is 25.1. The highest BCUT2D eigenvalue weighted by molar-refractivity contribution is 5.95. The van der Waals surface area contributed by atoms with Gasteiger partial charge in [0.1, 0.15) is 35.6 Å². The highest BCUT2D eigenvalue weighted by Crippen LogP contribution is 2.63. The predicted molar refractivity (Wildman–Crippen MR) is 286 cm³/mol. The van der Waals surface area contributed by atoms with Crippen LogP contribution in [0, 0.1) is 16.7 Å². The van der Waals surface area contributed by atoms with Crippen molar-refractivity contribution in [2.45, 2.75) is 146 Å². The van der Waals surface area contributed by atoms with Crippen molar-refractivity contribution in [1.29, 1.82) is 0 Å². The molecule has 2 bridgehead atoms. The van der Waals surface area contributed by atoms with Crippen LogP contribution in [0.25, 0.3) is 0 Å². The van der Waals surface area contributed by atoms with Crippen molar-refractivity contribution in [2.24, 2.45) is 16.7 Å². The minimum Gasteiger partial charge on any atom is -0.455 e. The van der Waals surface area contributed by atoms with Crippen LogP contribution in [0.4, 0.5) is 0 Å². The summed E-state index contributed by atoms with van der Waals surface area (Å²) in [7, 11) is 0. The summed E-state index contributed by atoms with van der Waals surface area (Å²) in [6, 6.07) is 23.3. The number of amides is 1. The Labute approximate surface area is 445 Å². The quantitative estimate of drug-likeness (QED) is 0.0384. The summed E-state index contributed by atoms with van der Waals surface area (Å²) in [5.74, 6) is -5.90. The summed E-state index contributed by atoms with van der Waals surface area (Å²) >= 11 is 0. The molecule has 14 nitrogen and oxygen atoms in total. The predicted octanol–water partition coefficient (Wildman–Crippen LogP) is 8.68. The summed E-state index contributed by atoms with van der Waals surface area (Å²) in [6.45, 7) is 7.83. The molecule has 0 radical (unpaired) electrons. The molecule has 3 aromatic rings. The van der Waals surface area contributed by atoms with Crippen molar-refractivity contribution >= 4 is 29.6 Å². The molecule has 404 valence electrons. The number of carbonyl (C=O) groups excluding carboxylic acids is 5. The topological polar surface area (TPSA) is 215 Å². The van der Waals surface area contributed by atoms with Crippen molar-refractivity contribution in [3.05, 3.63) is 180 Å². The standard InChI is InChI=1S/C62H73NO13/c1-6-7-8-9-10-11-12-13-14-15-16-17-18-19-20-30-37-48(65)75-52(50(42-31-24-21-25-32-42)63-56(68)43-33-26-22-27-34-43)58(70)74-45-39-62(72)55(76-57(69)44-35-28-23-29-36-44)53-60(5,46(64)38-47-61(53,71)40-73-47)54(67)51(66)49(41(45)2)59(62,3)4/h7-8,10-11,13-14,16-17,19-29,31-36,45-47,50-53,55,64,66,71-72H,6,9,12,15,18,30,37-40H2,1-5H3,(H,63,68)/b8-7-,11-10-,14-13-,17-16-,20-19-. The molecule has 3 aromatic carbocycles. The first kappa shape index (κ1) is 57.2. The van der Waals surface area contributed by atoms with E-state index in [0.29, 0.717) is 12.0 Å². The lowest BCUT2D eigenvalue weighted by molar-refractivity contribution is -0.343. The summed E-state index contributed by atoms with van der Waals surface area (Å²) in [6.07, 6.45) is 14.5. The fraction of sp³-hybridized carbons (Fsp3) is 0.435. The Kier molecular flexibility index (Phi) is 18.9. The summed E-state index contributed by atoms with van der Waals surface area (Å²) in [5, 5.41) is 53.3. The molecule has 76 heavy (non-hydrogen) atoms. The molecule has 0 aromatic heterocycles. The number of carbonyl (C=O) groups is 5. The first-order valence-electron chi connectivity index (χ1n) is 26.4. The fourth-order valence-corrected chi connectivity index (χ4v) is 11.4. The minimum absolute atomic E-state index is 0.0572. The van der Waals surface area contributed by atoms with Crippen LogP contribution in [0.3, 0.4) is 0 Å². The molecule has 3 aliphatic carbocycles. The van der Waals surface area contributed by atoms with Crippen LogP contribution in [-0.2, 0) is 33.3 Å². The van der Waals surface area contributed by atoms with Gasteiger partial charge in [0.15, 0.2) is 5.78 Å². The number of ether oxygens (including phenoxy) is 4. The molecule has 11 unspecified atom stereocenters. The van der Waals surface area contributed by atoms with E-state index in [2.05, 4.69) is 54.8 Å². The summed E-state index contributed by atoms with van der Waals surface area (Å²) in [4.78, 5) is 72.4. The number of nitrogens with one attached hydrogen (secondary N) is 1. The van der Waals surface area contributed by atoms with Gasteiger partial charge in [-0.05, 0) is 93.3 Å². The van der Waals surface area contributed by atoms with Crippen LogP contribution in [0.5, 0.6) is 0 Å². The molecular formula is C62H73NO13. The molecule has 1 heterocycles. The zero-order valence-electron chi connectivity index (χ0n) is 44.1. The number of allylic oxidation sites excluding steroid dienone is 10. The number of aliphatic hydroxyl groups is 4. The van der Waals surface area contributed by atoms with E-state index in [9.17, 15) is 34.8 Å². The molecule has 1 amide bonds. The van der Waals surface area contributed by atoms with Gasteiger partial charge in [-0.15, -0.1) is 0 Å². The molecule has 7 rings (SSSR count). The van der Waals surface area contributed by atoms with E-state index < -0.39 is 107 Å². The maximum Gasteiger partial charge on any atom is 0.350 e. The average molecular weight is 1040 g/mol. The molecule has 3 fully saturated rings. The number of hydrogen-bond donors (Lipinski definition) is 5. The van der Waals surface area contributed by atoms with Gasteiger partial charge >= 0.3 is 17.9 Å². The largest absolute Gasteiger partial charge is 0.455 e. The SMILES string of the molecule is CC/C=C\C/C=C\C/C=C\C/C=C\C/C=C\CCC(=O)OC(C(=O)OC1CC2(O)C(OC(=O)c3ccccc3)C3C4(O)COC4CC(O)C3(C)C(=O)C(O)C(=C1C)C2(C)C)C(NC(=O)c1ccccc1)c1ccccc1. The lowest BCUT2D eigenvalue weighted by Gasteiger charge is -2.66. The third kappa shape index (κ3) is 12.0. The molecule has 2 saturated carbocycles. The van der Waals surface area contributed by atoms with Crippen LogP contribution in [-0.4, -0.2) is 104 Å². The van der Waals surface area contributed by atoms with Crippen molar-refractivity contribution in [2.75, 3.05) is 6.61 Å². The third-order valence-corrected chi connectivity index (χ3v) is 15.8. The number of ketones is 1. The number of esters is 3. The van der Waals surface area contributed by atoms with Crippen LogP contribution in [0.2, 0.25) is 0 Å². The number of Topliss-reactive ketones (excluding diaryl/α,β-unsaturated/α-hetero) is 1. The van der Waals surface area contributed by atoms with Crippen LogP contribution in [0.15, 0.2) is 163 Å². The maximum absolute atomic E-state index is 15.2. The lowest BCUT2D eigenvalue weighted by Crippen LogP contribution is -2.81. The van der Waals surface area contributed by atoms with E-state index in [1.165, 1.54) is 26.0 Å². The number of benzene rings is 3. The van der Waals surface area contributed by atoms with Crippen molar-refractivity contribution in [1.82, 2.24) is 5.32 Å². The second-order valence-electron chi connectivity index (χ2n) is 20.9. The molecule has 14 heteroatoms. The molecule has 11 atom stereocenters. The first-order chi connectivity index (χ1) is 36.4. The molecule has 1 aliphatic heterocycles. The van der Waals surface area contributed by atoms with Gasteiger partial charge in [0.2, 0.25) is 6.10 Å². The van der Waals surface area contributed by atoms with Crippen LogP contribution < -0.4 is 5.32 Å². The van der Waals surface area contributed by atoms with E-state index in [1.54, 1.807) is 92.7 Å². The zero-order chi connectivity index (χ0) is 54.7. The normalized spacial score (nSPS) is 28.8. The van der Waals surface area contributed by atoms with Gasteiger partial charge in [0.05, 0.1) is 29.8 Å². The Balaban J connectivity index is 1.19. The Morgan fingerprint density at radius 2 is 1.29 bits per heavy atom. The number of hydrogen-bond acceptors (Lipinski definition) is 13. The maximum atomic E-state index is 15.2. The molecule has 0 spiro atoms. The minimum atomic E-state index is -2.37. The Hall–Kier alpha value is -6.55. The first-order valence-corrected chi connectivity index (χ1v) is 26.4. The monoisotopic (exact) mass is 1040 g/mol. The third-order valence-electron chi connectivity index (χ3n) is 15.8. The summed E-state index contributed by atoms with van der Waals surface area (Å²) < 4.78 is 24.5. The van der Waals surface area contributed by atoms with Gasteiger partial charge in [0.25, 0.3) is 5.91 Å². The van der Waals surface area contributed by atoms with E-state index in [0.717, 1.165) is 25.7 Å². The Morgan fingerprint density at radius 3 is 1.84 bits per heavy atom. The van der Waals surface area contributed by atoms with Gasteiger partial charge in [0, 0.05) is 36.2 Å². The van der Waals surface area contributed by atoms with Gasteiger partial charge < -0.3 is 44.7 Å². The smallest absolute Gasteiger partial charge is 0.350 e. The molecular weight excluding hydrogens is 967 g/mol. The summed E-state index contributed by atoms with van der Waals surface area (Å²) in [5.41, 5.74) is -7.13. The number of rotatable bonds is 21. The van der Waals surface area contributed by atoms with Gasteiger partial charge in [-0.1, -0.05) is 148 Å². The Bertz CT molecular complexity index is 2710. The van der Waals surface area contributed by atoms with Gasteiger partial charge in [-0.2, -0.15) is 0 Å². The molecule has 5 N–H and O–H groups in total. The number of aliphatic hydroxyl groups excluding tert-OH is 2. The van der Waals surface area contributed by atoms with Gasteiger partial charge in [-0.3, -0.25) is 14.4 Å². The Morgan fingerprint density at radius 1 is 0.750 bits per heavy atom. The fourth-order valence-electron chi connectivity index (χ4n) is 11.4. The van der Waals surface area contributed by atoms with Crippen molar-refractivity contribution in [3.63, 3.8) is 0 Å². The number of fused-ring (bicyclic) bond motifs is 5. The second-order valence-corrected chi connectivity index (χ2v) is 20.9. The van der Waals surface area contributed by atoms with Crippen molar-refractivity contribution in [3.8, 4) is 0 Å². The van der Waals surface area contributed by atoms with E-state index in [4.69, 9.17) is 18.9 Å². The highest BCUT2D eigenvalue weighted by Gasteiger charge is 2.76. The van der Waals surface area contributed by atoms with Gasteiger partial charge in [-0.25, -0.2) is 9.59 Å². The van der Waals surface area contributed by atoms with E-state index in [-0.39, 0.29) is 48.1 Å². The van der Waals surface area contributed by atoms with E-state index in [1.807, 2.05) is 18.2 Å².